The van der Waals surface area contributed by atoms with Crippen molar-refractivity contribution in [2.45, 2.75) is 57.5 Å². The summed E-state index contributed by atoms with van der Waals surface area (Å²) in [4.78, 5) is 127. The number of aromatic nitrogens is 1. The molecule has 0 fully saturated rings. The van der Waals surface area contributed by atoms with Gasteiger partial charge in [0.1, 0.15) is 17.5 Å². The third-order valence-corrected chi connectivity index (χ3v) is 13.2. The fraction of sp³-hybridized carbons (Fsp3) is 0.320. The van der Waals surface area contributed by atoms with Crippen molar-refractivity contribution in [2.24, 2.45) is 11.7 Å². The largest absolute Gasteiger partial charge is 0.524 e. The molecule has 0 saturated heterocycles. The number of anilines is 3. The summed E-state index contributed by atoms with van der Waals surface area (Å²) in [5.41, 5.74) is 8.18. The number of carbonyl (C=O) groups excluding carboxylic acids is 8. The number of H-pyrrole nitrogens is 1. The van der Waals surface area contributed by atoms with E-state index in [1.807, 2.05) is 13.8 Å². The lowest BCUT2D eigenvalue weighted by molar-refractivity contribution is -0.137. The molecule has 24 heteroatoms. The average molecular weight is 1060 g/mol. The molecule has 0 radical (unpaired) electrons. The molecule has 7 rings (SSSR count). The minimum Gasteiger partial charge on any atom is -0.404 e. The molecule has 5 aromatic rings. The van der Waals surface area contributed by atoms with Crippen LogP contribution in [-0.4, -0.2) is 118 Å². The molecular formula is C50H56ClN10O12P. The number of phosphoric ester groups is 1. The summed E-state index contributed by atoms with van der Waals surface area (Å²) >= 11 is 6.41. The number of hydrogen-bond donors (Lipinski definition) is 10. The van der Waals surface area contributed by atoms with Crippen LogP contribution in [0.4, 0.5) is 21.9 Å². The second-order valence-corrected chi connectivity index (χ2v) is 19.5. The van der Waals surface area contributed by atoms with Crippen molar-refractivity contribution < 1.29 is 57.2 Å². The van der Waals surface area contributed by atoms with E-state index in [1.165, 1.54) is 47.4 Å². The van der Waals surface area contributed by atoms with Gasteiger partial charge in [-0.25, -0.2) is 9.36 Å². The number of amides is 9. The lowest BCUT2D eigenvalue weighted by Gasteiger charge is -2.25. The Morgan fingerprint density at radius 2 is 1.55 bits per heavy atom. The maximum atomic E-state index is 14.2. The third kappa shape index (κ3) is 13.5. The number of primary amides is 1. The number of aromatic amines is 1. The van der Waals surface area contributed by atoms with E-state index in [9.17, 15) is 52.7 Å². The Morgan fingerprint density at radius 3 is 2.23 bits per heavy atom. The van der Waals surface area contributed by atoms with Crippen molar-refractivity contribution in [1.82, 2.24) is 31.2 Å². The smallest absolute Gasteiger partial charge is 0.404 e. The summed E-state index contributed by atoms with van der Waals surface area (Å²) in [5, 5.41) is 18.5. The summed E-state index contributed by atoms with van der Waals surface area (Å²) < 4.78 is 17.0. The van der Waals surface area contributed by atoms with E-state index < -0.39 is 61.4 Å². The summed E-state index contributed by atoms with van der Waals surface area (Å²) in [6.45, 7) is 4.49. The van der Waals surface area contributed by atoms with E-state index >= 15 is 0 Å². The van der Waals surface area contributed by atoms with Crippen LogP contribution >= 0.6 is 19.4 Å². The fourth-order valence-electron chi connectivity index (χ4n) is 8.79. The molecule has 1 aromatic heterocycles. The molecule has 3 heterocycles. The van der Waals surface area contributed by atoms with Gasteiger partial charge in [0.25, 0.3) is 23.6 Å². The van der Waals surface area contributed by atoms with Gasteiger partial charge in [0.05, 0.1) is 11.7 Å². The second kappa shape index (κ2) is 23.9. The number of benzene rings is 4. The Kier molecular flexibility index (Phi) is 17.5. The second-order valence-electron chi connectivity index (χ2n) is 18.0. The molecule has 22 nitrogen and oxygen atoms in total. The van der Waals surface area contributed by atoms with Gasteiger partial charge in [0.15, 0.2) is 0 Å². The minimum absolute atomic E-state index is 0.0824. The van der Waals surface area contributed by atoms with Crippen LogP contribution in [0.3, 0.4) is 0 Å². The molecule has 3 unspecified atom stereocenters. The first-order valence-corrected chi connectivity index (χ1v) is 25.8. The maximum absolute atomic E-state index is 14.2. The highest BCUT2D eigenvalue weighted by molar-refractivity contribution is 7.46. The Hall–Kier alpha value is -7.62. The topological polar surface area (TPSA) is 324 Å². The SMILES string of the molecule is CC(C)C(NCCNC(=O)CCCN1C(=O)C=CC1=O)C(=O)NC(CCCNC(N)=O)C(=O)Nc1ccc(C(=O)Nc2ccc3[nH]c(C(=O)N4CC(CCl)c5c4cc(OP(=O)(O)O)c4ccccc54)cc3c2)cc1. The Labute approximate surface area is 429 Å². The van der Waals surface area contributed by atoms with Crippen molar-refractivity contribution in [3.63, 3.8) is 0 Å². The summed E-state index contributed by atoms with van der Waals surface area (Å²) in [7, 11) is -4.96. The van der Waals surface area contributed by atoms with Gasteiger partial charge in [-0.05, 0) is 84.7 Å². The molecule has 390 valence electrons. The van der Waals surface area contributed by atoms with E-state index in [4.69, 9.17) is 21.9 Å². The van der Waals surface area contributed by atoms with Crippen LogP contribution in [0, 0.1) is 5.92 Å². The number of carbonyl (C=O) groups is 8. The molecule has 11 N–H and O–H groups in total. The van der Waals surface area contributed by atoms with Gasteiger partial charge >= 0.3 is 13.9 Å². The van der Waals surface area contributed by atoms with Gasteiger partial charge in [0.2, 0.25) is 17.7 Å². The number of rotatable bonds is 23. The van der Waals surface area contributed by atoms with Crippen molar-refractivity contribution >= 4 is 106 Å². The van der Waals surface area contributed by atoms with Crippen molar-refractivity contribution in [3.05, 3.63) is 108 Å². The van der Waals surface area contributed by atoms with Gasteiger partial charge in [0, 0.05) is 102 Å². The maximum Gasteiger partial charge on any atom is 0.524 e. The predicted molar refractivity (Wildman–Crippen MR) is 277 cm³/mol. The molecular weight excluding hydrogens is 999 g/mol. The molecule has 0 bridgehead atoms. The molecule has 2 aliphatic heterocycles. The molecule has 0 saturated carbocycles. The van der Waals surface area contributed by atoms with E-state index in [0.717, 1.165) is 10.5 Å². The first-order chi connectivity index (χ1) is 35.3. The van der Waals surface area contributed by atoms with E-state index in [2.05, 4.69) is 36.9 Å². The van der Waals surface area contributed by atoms with Gasteiger partial charge < -0.3 is 52.0 Å². The molecule has 0 spiro atoms. The van der Waals surface area contributed by atoms with E-state index in [0.29, 0.717) is 38.7 Å². The number of fused-ring (bicyclic) bond motifs is 4. The first kappa shape index (κ1) is 54.2. The Bertz CT molecular complexity index is 3050. The number of nitrogens with one attached hydrogen (secondary N) is 7. The third-order valence-electron chi connectivity index (χ3n) is 12.3. The molecule has 2 aliphatic rings. The van der Waals surface area contributed by atoms with Gasteiger partial charge in [-0.2, -0.15) is 0 Å². The van der Waals surface area contributed by atoms with Gasteiger partial charge in [-0.3, -0.25) is 48.2 Å². The van der Waals surface area contributed by atoms with Crippen LogP contribution < -0.4 is 47.1 Å². The monoisotopic (exact) mass is 1050 g/mol. The lowest BCUT2D eigenvalue weighted by atomic mass is 9.95. The van der Waals surface area contributed by atoms with Crippen LogP contribution in [-0.2, 0) is 28.5 Å². The highest BCUT2D eigenvalue weighted by atomic mass is 35.5. The molecule has 9 amide bonds. The van der Waals surface area contributed by atoms with Crippen LogP contribution in [0.5, 0.6) is 5.75 Å². The predicted octanol–water partition coefficient (Wildman–Crippen LogP) is 4.34. The van der Waals surface area contributed by atoms with Crippen LogP contribution in [0.15, 0.2) is 91.0 Å². The van der Waals surface area contributed by atoms with Crippen LogP contribution in [0.1, 0.15) is 71.9 Å². The first-order valence-electron chi connectivity index (χ1n) is 23.7. The zero-order valence-corrected chi connectivity index (χ0v) is 42.0. The molecule has 4 aromatic carbocycles. The van der Waals surface area contributed by atoms with Gasteiger partial charge in [-0.15, -0.1) is 11.6 Å². The number of urea groups is 1. The molecule has 74 heavy (non-hydrogen) atoms. The van der Waals surface area contributed by atoms with Crippen molar-refractivity contribution in [3.8, 4) is 5.75 Å². The number of nitrogens with two attached hydrogens (primary N) is 1. The lowest BCUT2D eigenvalue weighted by Crippen LogP contribution is -2.54. The number of nitrogens with zero attached hydrogens (tertiary/aromatic N) is 2. The van der Waals surface area contributed by atoms with Crippen LogP contribution in [0.2, 0.25) is 0 Å². The number of alkyl halides is 1. The fourth-order valence-corrected chi connectivity index (χ4v) is 9.45. The zero-order valence-electron chi connectivity index (χ0n) is 40.3. The van der Waals surface area contributed by atoms with E-state index in [1.54, 1.807) is 48.5 Å². The Morgan fingerprint density at radius 1 is 0.851 bits per heavy atom. The van der Waals surface area contributed by atoms with Crippen molar-refractivity contribution in [1.29, 1.82) is 0 Å². The summed E-state index contributed by atoms with van der Waals surface area (Å²) in [6, 6.07) is 18.6. The summed E-state index contributed by atoms with van der Waals surface area (Å²) in [6.07, 6.45) is 3.15. The van der Waals surface area contributed by atoms with E-state index in [-0.39, 0.29) is 99.0 Å². The van der Waals surface area contributed by atoms with Gasteiger partial charge in [-0.1, -0.05) is 38.1 Å². The van der Waals surface area contributed by atoms with Crippen LogP contribution in [0.25, 0.3) is 21.7 Å². The highest BCUT2D eigenvalue weighted by Crippen LogP contribution is 2.49. The Balaban J connectivity index is 0.948. The molecule has 0 aliphatic carbocycles. The highest BCUT2D eigenvalue weighted by Gasteiger charge is 2.37. The quantitative estimate of drug-likeness (QED) is 0.0189. The number of hydrogen-bond acceptors (Lipinski definition) is 11. The number of imide groups is 1. The standard InChI is InChI=1S/C50H56ClN10O12P/c1-28(2)45(54-21-20-53-41(62)10-6-22-60-42(63)17-18-43(60)64)48(67)59-37(9-5-19-55-50(52)69)47(66)56-32-13-11-29(12-14-32)46(65)57-33-15-16-36-30(23-33)24-38(58-36)49(68)61-27-31(26-51)44-35-8-4-3-7-34(35)40(25-39(44)61)73-74(70,71)72/h3-4,7-8,11-18,23-25,28,31,37,45,54,58H,5-6,9-10,19-22,26-27H2,1-2H3,(H,53,62)(H,56,66)(H,57,65)(H,59,67)(H3,52,55,69)(H2,70,71,72). The number of halogens is 1. The normalized spacial score (nSPS) is 15.0. The molecule has 3 atom stereocenters. The van der Waals surface area contributed by atoms with Crippen molar-refractivity contribution in [2.75, 3.05) is 54.1 Å². The minimum atomic E-state index is -4.96. The average Bonchev–Trinajstić information content (AvgIpc) is 4.05. The zero-order chi connectivity index (χ0) is 53.3. The summed E-state index contributed by atoms with van der Waals surface area (Å²) in [5.74, 6) is -3.48. The number of phosphoric acid groups is 1.